The van der Waals surface area contributed by atoms with Crippen LogP contribution in [0.1, 0.15) is 71.9 Å². The molecule has 2 aliphatic heterocycles. The molecular formula is C67H77N5O18. The van der Waals surface area contributed by atoms with Gasteiger partial charge >= 0.3 is 54.0 Å². The number of alkyl carbamates (subject to hydrolysis) is 1. The Bertz CT molecular complexity index is 3140. The summed E-state index contributed by atoms with van der Waals surface area (Å²) in [6.07, 6.45) is -0.537. The van der Waals surface area contributed by atoms with Gasteiger partial charge in [0.25, 0.3) is 0 Å². The lowest BCUT2D eigenvalue weighted by atomic mass is 10.1. The van der Waals surface area contributed by atoms with Gasteiger partial charge in [-0.05, 0) is 73.8 Å². The molecule has 23 heteroatoms. The summed E-state index contributed by atoms with van der Waals surface area (Å²) in [6.45, 7) is 1.26. The van der Waals surface area contributed by atoms with E-state index in [4.69, 9.17) is 28.8 Å². The van der Waals surface area contributed by atoms with E-state index in [0.29, 0.717) is 6.42 Å². The highest BCUT2D eigenvalue weighted by molar-refractivity contribution is 5.95. The zero-order valence-electron chi connectivity index (χ0n) is 50.7. The number of aliphatic hydroxyl groups excluding tert-OH is 1. The first-order valence-electron chi connectivity index (χ1n) is 28.6. The molecule has 3 atom stereocenters. The number of nitrogens with one attached hydrogen (secondary N) is 3. The van der Waals surface area contributed by atoms with Crippen molar-refractivity contribution in [3.8, 4) is 0 Å². The van der Waals surface area contributed by atoms with Crippen molar-refractivity contribution in [3.63, 3.8) is 0 Å². The van der Waals surface area contributed by atoms with Gasteiger partial charge in [0, 0.05) is 26.3 Å². The highest BCUT2D eigenvalue weighted by atomic mass is 16.6. The molecule has 6 aromatic rings. The summed E-state index contributed by atoms with van der Waals surface area (Å²) < 4.78 is 34.5. The highest BCUT2D eigenvalue weighted by Crippen LogP contribution is 2.12. The second kappa shape index (κ2) is 41.9. The first-order chi connectivity index (χ1) is 43.4. The van der Waals surface area contributed by atoms with Crippen LogP contribution in [0.25, 0.3) is 0 Å². The number of hydrogen-bond acceptors (Lipinski definition) is 20. The molecule has 0 bridgehead atoms. The second-order valence-electron chi connectivity index (χ2n) is 20.1. The molecule has 2 aliphatic rings. The van der Waals surface area contributed by atoms with Crippen LogP contribution >= 0.6 is 0 Å². The minimum Gasteiger partial charge on any atom is -0.461 e. The van der Waals surface area contributed by atoms with Gasteiger partial charge in [-0.15, -0.1) is 0 Å². The van der Waals surface area contributed by atoms with E-state index in [0.717, 1.165) is 33.4 Å². The van der Waals surface area contributed by atoms with Crippen molar-refractivity contribution in [1.82, 2.24) is 25.8 Å². The topological polar surface area (TPSA) is 298 Å². The molecule has 0 aromatic heterocycles. The van der Waals surface area contributed by atoms with Crippen molar-refractivity contribution in [3.05, 3.63) is 215 Å². The van der Waals surface area contributed by atoms with Crippen LogP contribution in [-0.4, -0.2) is 134 Å². The number of aliphatic hydroxyl groups is 1. The first kappa shape index (κ1) is 72.4. The van der Waals surface area contributed by atoms with Gasteiger partial charge in [-0.1, -0.05) is 182 Å². The van der Waals surface area contributed by atoms with Crippen LogP contribution in [0.4, 0.5) is 9.59 Å². The minimum absolute atomic E-state index is 0.0137. The Morgan fingerprint density at radius 2 is 0.889 bits per heavy atom. The molecule has 3 amide bonds. The lowest BCUT2D eigenvalue weighted by molar-refractivity contribution is -0.151. The van der Waals surface area contributed by atoms with Crippen LogP contribution in [0.2, 0.25) is 0 Å². The van der Waals surface area contributed by atoms with E-state index in [9.17, 15) is 47.9 Å². The lowest BCUT2D eigenvalue weighted by Gasteiger charge is -2.19. The Labute approximate surface area is 522 Å². The Morgan fingerprint density at radius 3 is 1.19 bits per heavy atom. The summed E-state index contributed by atoms with van der Waals surface area (Å²) in [4.78, 5) is 117. The molecule has 3 unspecified atom stereocenters. The maximum Gasteiger partial charge on any atom is 0.417 e. The van der Waals surface area contributed by atoms with E-state index >= 15 is 0 Å². The zero-order valence-corrected chi connectivity index (χ0v) is 50.7. The lowest BCUT2D eigenvalue weighted by Crippen LogP contribution is -2.45. The van der Waals surface area contributed by atoms with Gasteiger partial charge in [0.1, 0.15) is 57.7 Å². The maximum absolute atomic E-state index is 12.5. The number of amides is 3. The van der Waals surface area contributed by atoms with Crippen LogP contribution < -0.4 is 16.0 Å². The summed E-state index contributed by atoms with van der Waals surface area (Å²) in [5, 5.41) is 16.4. The summed E-state index contributed by atoms with van der Waals surface area (Å²) in [5.74, 6) is -3.60. The van der Waals surface area contributed by atoms with E-state index in [1.165, 1.54) is 11.9 Å². The molecule has 4 N–H and O–H groups in total. The monoisotopic (exact) mass is 1240 g/mol. The molecule has 0 aliphatic carbocycles. The fourth-order valence-corrected chi connectivity index (χ4v) is 7.66. The molecular weight excluding hydrogens is 1160 g/mol. The minimum atomic E-state index is -0.926. The maximum atomic E-state index is 12.5. The third kappa shape index (κ3) is 31.0. The Kier molecular flexibility index (Phi) is 33.7. The van der Waals surface area contributed by atoms with Gasteiger partial charge in [-0.2, -0.15) is 0 Å². The molecule has 0 saturated carbocycles. The second-order valence-corrected chi connectivity index (χ2v) is 20.1. The highest BCUT2D eigenvalue weighted by Gasteiger charge is 2.33. The first-order valence-corrected chi connectivity index (χ1v) is 28.6. The van der Waals surface area contributed by atoms with E-state index in [-0.39, 0.29) is 103 Å². The Balaban J connectivity index is 0.000000259. The number of rotatable bonds is 26. The number of carbonyl (C=O) groups excluding carboxylic acids is 10. The summed E-state index contributed by atoms with van der Waals surface area (Å²) in [6, 6.07) is 54.1. The van der Waals surface area contributed by atoms with Crippen molar-refractivity contribution in [2.45, 2.75) is 96.3 Å². The molecule has 2 fully saturated rings. The van der Waals surface area contributed by atoms with Crippen molar-refractivity contribution >= 4 is 59.9 Å². The molecule has 90 heavy (non-hydrogen) atoms. The van der Waals surface area contributed by atoms with Gasteiger partial charge in [0.2, 0.25) is 5.91 Å². The predicted octanol–water partition coefficient (Wildman–Crippen LogP) is 7.06. The number of ether oxygens (including phenoxy) is 7. The molecule has 0 radical (unpaired) electrons. The van der Waals surface area contributed by atoms with Gasteiger partial charge in [-0.25, -0.2) is 24.0 Å². The standard InChI is InChI=1S/C23H28N2O5.C20H23NO4.C13H13NO5.C7H8O.C4H5NO3/c1-25(2)15-21(26)24-20(23(28)30-17-19-11-7-4-8-12-19)13-14-22(27)29-16-18-9-5-3-6-10-18;1-21-18(20(23)25-15-17-10-6-3-7-11-17)12-13-19(22)24-14-16-8-4-2-5-9-16;15-11(18-8-9-4-2-1-3-5-9)7-6-10-12(16)19-13(17)14-10;8-6-7-4-2-1-3-5-7;1-5-2-3(6)8-4(5)7/h3-12,20H,13-17H2,1-2H3,(H,24,26);2-11,18,21H,12-15H2,1H3;1-5,10H,6-8H2,(H,14,17);1-5,8H,6H2;2H2,1H3. The number of carbonyl (C=O) groups is 10. The fourth-order valence-electron chi connectivity index (χ4n) is 7.66. The van der Waals surface area contributed by atoms with Gasteiger partial charge in [-0.3, -0.25) is 28.9 Å². The fraction of sp³-hybridized carbons (Fsp3) is 0.313. The molecule has 2 heterocycles. The van der Waals surface area contributed by atoms with Gasteiger partial charge in [0.15, 0.2) is 0 Å². The number of esters is 7. The number of benzene rings is 6. The quantitative estimate of drug-likeness (QED) is 0.0240. The van der Waals surface area contributed by atoms with E-state index < -0.39 is 60.2 Å². The SMILES string of the molecule is CN(C)CC(=O)NC(CCC(=O)OCc1ccccc1)C(=O)OCc1ccccc1.CN1CC(=O)OC1=O.CNC(CCC(=O)OCc1ccccc1)C(=O)OCc1ccccc1.O=C(CCC1NC(=O)OC1=O)OCc1ccccc1.OCc1ccccc1. The number of likely N-dealkylation sites (N-methyl/N-ethyl adjacent to an activating group) is 3. The predicted molar refractivity (Wildman–Crippen MR) is 327 cm³/mol. The molecule has 23 nitrogen and oxygen atoms in total. The van der Waals surface area contributed by atoms with Gasteiger partial charge < -0.3 is 59.1 Å². The normalized spacial score (nSPS) is 13.4. The third-order valence-corrected chi connectivity index (χ3v) is 12.5. The third-order valence-electron chi connectivity index (χ3n) is 12.5. The van der Waals surface area contributed by atoms with Crippen LogP contribution in [0.15, 0.2) is 182 Å². The Morgan fingerprint density at radius 1 is 0.533 bits per heavy atom. The average molecular weight is 1240 g/mol. The molecule has 6 aromatic carbocycles. The van der Waals surface area contributed by atoms with Crippen LogP contribution in [0.5, 0.6) is 0 Å². The van der Waals surface area contributed by atoms with Crippen LogP contribution in [-0.2, 0) is 111 Å². The zero-order chi connectivity index (χ0) is 65.3. The number of cyclic esters (lactones) is 4. The van der Waals surface area contributed by atoms with E-state index in [1.807, 2.05) is 182 Å². The summed E-state index contributed by atoms with van der Waals surface area (Å²) in [7, 11) is 6.68. The summed E-state index contributed by atoms with van der Waals surface area (Å²) in [5.41, 5.74) is 5.43. The molecule has 8 rings (SSSR count). The summed E-state index contributed by atoms with van der Waals surface area (Å²) >= 11 is 0. The number of hydrogen-bond donors (Lipinski definition) is 4. The van der Waals surface area contributed by atoms with E-state index in [2.05, 4.69) is 25.4 Å². The molecule has 478 valence electrons. The Hall–Kier alpha value is -10.1. The average Bonchev–Trinajstić information content (AvgIpc) is 4.01. The van der Waals surface area contributed by atoms with Crippen LogP contribution in [0.3, 0.4) is 0 Å². The van der Waals surface area contributed by atoms with Crippen molar-refractivity contribution in [2.75, 3.05) is 41.3 Å². The molecule has 0 spiro atoms. The van der Waals surface area contributed by atoms with Crippen molar-refractivity contribution < 1.29 is 86.2 Å². The molecule has 2 saturated heterocycles. The number of nitrogens with zero attached hydrogens (tertiary/aromatic N) is 2. The largest absolute Gasteiger partial charge is 0.461 e. The van der Waals surface area contributed by atoms with Crippen molar-refractivity contribution in [1.29, 1.82) is 0 Å². The van der Waals surface area contributed by atoms with Crippen LogP contribution in [0, 0.1) is 0 Å². The van der Waals surface area contributed by atoms with Gasteiger partial charge in [0.05, 0.1) is 13.2 Å². The van der Waals surface area contributed by atoms with E-state index in [1.54, 1.807) is 26.0 Å². The smallest absolute Gasteiger partial charge is 0.417 e. The van der Waals surface area contributed by atoms with Crippen molar-refractivity contribution in [2.24, 2.45) is 0 Å².